The first-order valence-electron chi connectivity index (χ1n) is 8.92. The number of benzene rings is 2. The van der Waals surface area contributed by atoms with Crippen molar-refractivity contribution in [2.24, 2.45) is 0 Å². The Bertz CT molecular complexity index is 992. The van der Waals surface area contributed by atoms with Crippen molar-refractivity contribution in [2.75, 3.05) is 6.54 Å². The normalized spacial score (nSPS) is 16.9. The molecular weight excluding hydrogens is 344 g/mol. The lowest BCUT2D eigenvalue weighted by Gasteiger charge is -2.18. The number of nitrogens with zero attached hydrogens (tertiary/aromatic N) is 3. The van der Waals surface area contributed by atoms with E-state index in [-0.39, 0.29) is 24.3 Å². The Labute approximate surface area is 156 Å². The van der Waals surface area contributed by atoms with Crippen LogP contribution in [0.3, 0.4) is 0 Å². The number of fused-ring (bicyclic) bond motifs is 1. The van der Waals surface area contributed by atoms with Crippen molar-refractivity contribution >= 4 is 22.6 Å². The third-order valence-electron chi connectivity index (χ3n) is 4.90. The molecule has 0 unspecified atom stereocenters. The van der Waals surface area contributed by atoms with Crippen LogP contribution in [-0.4, -0.2) is 39.6 Å². The lowest BCUT2D eigenvalue weighted by Crippen LogP contribution is -2.38. The van der Waals surface area contributed by atoms with Crippen LogP contribution in [0.4, 0.5) is 0 Å². The van der Waals surface area contributed by atoms with Crippen LogP contribution in [0, 0.1) is 6.92 Å². The molecule has 1 aliphatic heterocycles. The first-order chi connectivity index (χ1) is 13.1. The monoisotopic (exact) mass is 364 g/mol. The molecule has 1 fully saturated rings. The minimum Gasteiger partial charge on any atom is -0.351 e. The number of nitrogens with one attached hydrogen (secondary N) is 1. The third-order valence-corrected chi connectivity index (χ3v) is 4.90. The minimum atomic E-state index is -0.194. The Morgan fingerprint density at radius 3 is 2.85 bits per heavy atom. The van der Waals surface area contributed by atoms with E-state index in [0.717, 1.165) is 16.3 Å². The van der Waals surface area contributed by atoms with E-state index in [1.54, 1.807) is 11.8 Å². The van der Waals surface area contributed by atoms with Crippen LogP contribution in [0.1, 0.15) is 23.4 Å². The molecule has 3 aromatic rings. The second kappa shape index (κ2) is 7.19. The predicted octanol–water partition coefficient (Wildman–Crippen LogP) is 1.99. The lowest BCUT2D eigenvalue weighted by molar-refractivity contribution is -0.128. The highest BCUT2D eigenvalue weighted by Gasteiger charge is 2.31. The van der Waals surface area contributed by atoms with Crippen LogP contribution in [0.5, 0.6) is 0 Å². The number of amides is 2. The number of hydrogen-bond donors (Lipinski definition) is 1. The number of carbonyl (C=O) groups excluding carboxylic acids is 2. The number of likely N-dealkylation sites (tertiary alicyclic amines) is 1. The molecule has 0 spiro atoms. The van der Waals surface area contributed by atoms with Gasteiger partial charge in [-0.15, -0.1) is 0 Å². The Hall–Kier alpha value is -3.22. The summed E-state index contributed by atoms with van der Waals surface area (Å²) in [6, 6.07) is 14.1. The average molecular weight is 364 g/mol. The first-order valence-corrected chi connectivity index (χ1v) is 8.92. The Balaban J connectivity index is 1.40. The molecule has 0 aliphatic carbocycles. The third kappa shape index (κ3) is 3.67. The number of rotatable bonds is 5. The largest absolute Gasteiger partial charge is 0.351 e. The molecule has 4 rings (SSSR count). The molecule has 2 heterocycles. The zero-order chi connectivity index (χ0) is 18.8. The van der Waals surface area contributed by atoms with E-state index in [0.29, 0.717) is 30.9 Å². The standard InChI is InChI=1S/C20H20N4O3/c1-13-18(23-27-22-13)10-19(25)21-16-9-20(26)24(12-16)11-15-7-4-6-14-5-2-3-8-17(14)15/h2-8,16H,9-12H2,1H3,(H,21,25)/t16-/m0/s1. The summed E-state index contributed by atoms with van der Waals surface area (Å²) >= 11 is 0. The van der Waals surface area contributed by atoms with E-state index >= 15 is 0 Å². The quantitative estimate of drug-likeness (QED) is 0.748. The van der Waals surface area contributed by atoms with Gasteiger partial charge in [0.15, 0.2) is 0 Å². The molecule has 7 nitrogen and oxygen atoms in total. The van der Waals surface area contributed by atoms with Crippen LogP contribution in [0.2, 0.25) is 0 Å². The number of hydrogen-bond acceptors (Lipinski definition) is 5. The maximum atomic E-state index is 12.4. The molecule has 1 aromatic heterocycles. The van der Waals surface area contributed by atoms with Crippen LogP contribution in [0.25, 0.3) is 10.8 Å². The van der Waals surface area contributed by atoms with E-state index in [4.69, 9.17) is 0 Å². The first kappa shape index (κ1) is 17.2. The van der Waals surface area contributed by atoms with E-state index in [9.17, 15) is 9.59 Å². The molecule has 1 saturated heterocycles. The smallest absolute Gasteiger partial charge is 0.226 e. The highest BCUT2D eigenvalue weighted by molar-refractivity contribution is 5.87. The molecule has 2 amide bonds. The zero-order valence-corrected chi connectivity index (χ0v) is 15.0. The highest BCUT2D eigenvalue weighted by atomic mass is 16.6. The summed E-state index contributed by atoms with van der Waals surface area (Å²) in [4.78, 5) is 26.4. The Morgan fingerprint density at radius 2 is 2.04 bits per heavy atom. The van der Waals surface area contributed by atoms with Gasteiger partial charge in [-0.1, -0.05) is 52.8 Å². The van der Waals surface area contributed by atoms with Gasteiger partial charge in [0.1, 0.15) is 11.4 Å². The van der Waals surface area contributed by atoms with Gasteiger partial charge in [-0.2, -0.15) is 0 Å². The van der Waals surface area contributed by atoms with Gasteiger partial charge in [0.25, 0.3) is 0 Å². The second-order valence-electron chi connectivity index (χ2n) is 6.85. The van der Waals surface area contributed by atoms with Gasteiger partial charge in [-0.25, -0.2) is 4.63 Å². The second-order valence-corrected chi connectivity index (χ2v) is 6.85. The van der Waals surface area contributed by atoms with Crippen LogP contribution >= 0.6 is 0 Å². The molecule has 7 heteroatoms. The molecule has 0 saturated carbocycles. The summed E-state index contributed by atoms with van der Waals surface area (Å²) in [5.41, 5.74) is 2.23. The molecule has 0 radical (unpaired) electrons. The maximum Gasteiger partial charge on any atom is 0.226 e. The molecule has 27 heavy (non-hydrogen) atoms. The average Bonchev–Trinajstić information content (AvgIpc) is 3.20. The number of carbonyl (C=O) groups is 2. The molecule has 138 valence electrons. The topological polar surface area (TPSA) is 88.3 Å². The van der Waals surface area contributed by atoms with Crippen LogP contribution in [0.15, 0.2) is 47.1 Å². The molecule has 1 N–H and O–H groups in total. The fourth-order valence-electron chi connectivity index (χ4n) is 3.50. The van der Waals surface area contributed by atoms with E-state index in [2.05, 4.69) is 38.5 Å². The summed E-state index contributed by atoms with van der Waals surface area (Å²) in [6.45, 7) is 2.78. The fraction of sp³-hybridized carbons (Fsp3) is 0.300. The van der Waals surface area contributed by atoms with Crippen molar-refractivity contribution in [1.82, 2.24) is 20.5 Å². The van der Waals surface area contributed by atoms with Gasteiger partial charge in [0, 0.05) is 19.5 Å². The Morgan fingerprint density at radius 1 is 1.22 bits per heavy atom. The van der Waals surface area contributed by atoms with Gasteiger partial charge in [-0.3, -0.25) is 9.59 Å². The number of aryl methyl sites for hydroxylation is 1. The predicted molar refractivity (Wildman–Crippen MR) is 98.7 cm³/mol. The zero-order valence-electron chi connectivity index (χ0n) is 15.0. The van der Waals surface area contributed by atoms with Gasteiger partial charge in [-0.05, 0) is 23.3 Å². The molecular formula is C20H20N4O3. The van der Waals surface area contributed by atoms with Gasteiger partial charge >= 0.3 is 0 Å². The molecule has 0 bridgehead atoms. The van der Waals surface area contributed by atoms with Crippen molar-refractivity contribution in [3.05, 3.63) is 59.4 Å². The molecule has 1 aliphatic rings. The van der Waals surface area contributed by atoms with Crippen molar-refractivity contribution in [3.63, 3.8) is 0 Å². The summed E-state index contributed by atoms with van der Waals surface area (Å²) in [7, 11) is 0. The van der Waals surface area contributed by atoms with Gasteiger partial charge in [0.05, 0.1) is 12.5 Å². The van der Waals surface area contributed by atoms with Crippen LogP contribution < -0.4 is 5.32 Å². The highest BCUT2D eigenvalue weighted by Crippen LogP contribution is 2.22. The van der Waals surface area contributed by atoms with E-state index in [1.165, 1.54) is 0 Å². The summed E-state index contributed by atoms with van der Waals surface area (Å²) in [5.74, 6) is -0.133. The van der Waals surface area contributed by atoms with Gasteiger partial charge in [0.2, 0.25) is 11.8 Å². The summed E-state index contributed by atoms with van der Waals surface area (Å²) in [6.07, 6.45) is 0.413. The molecule has 1 atom stereocenters. The minimum absolute atomic E-state index is 0.0486. The van der Waals surface area contributed by atoms with Crippen molar-refractivity contribution in [2.45, 2.75) is 32.4 Å². The summed E-state index contributed by atoms with van der Waals surface area (Å²) < 4.78 is 4.61. The van der Waals surface area contributed by atoms with Gasteiger partial charge < -0.3 is 10.2 Å². The fourth-order valence-corrected chi connectivity index (χ4v) is 3.50. The van der Waals surface area contributed by atoms with Crippen LogP contribution in [-0.2, 0) is 22.6 Å². The number of aromatic nitrogens is 2. The van der Waals surface area contributed by atoms with E-state index in [1.807, 2.05) is 24.3 Å². The Kier molecular flexibility index (Phi) is 4.58. The van der Waals surface area contributed by atoms with Crippen molar-refractivity contribution < 1.29 is 14.2 Å². The summed E-state index contributed by atoms with van der Waals surface area (Å²) in [5, 5.41) is 12.6. The van der Waals surface area contributed by atoms with Crippen molar-refractivity contribution in [3.8, 4) is 0 Å². The SMILES string of the molecule is Cc1nonc1CC(=O)N[C@H]1CC(=O)N(Cc2cccc3ccccc23)C1. The van der Waals surface area contributed by atoms with E-state index < -0.39 is 0 Å². The molecule has 2 aromatic carbocycles. The lowest BCUT2D eigenvalue weighted by atomic mass is 10.0. The van der Waals surface area contributed by atoms with Crippen molar-refractivity contribution in [1.29, 1.82) is 0 Å². The maximum absolute atomic E-state index is 12.4.